The summed E-state index contributed by atoms with van der Waals surface area (Å²) in [6, 6.07) is 8.70. The molecule has 25 heavy (non-hydrogen) atoms. The second-order valence-corrected chi connectivity index (χ2v) is 7.36. The Morgan fingerprint density at radius 2 is 2.08 bits per heavy atom. The van der Waals surface area contributed by atoms with Crippen LogP contribution in [0.2, 0.25) is 0 Å². The van der Waals surface area contributed by atoms with E-state index >= 15 is 0 Å². The average molecular weight is 355 g/mol. The van der Waals surface area contributed by atoms with Gasteiger partial charge in [-0.25, -0.2) is 9.37 Å². The number of rotatable bonds is 4. The smallest absolute Gasteiger partial charge is 0.232 e. The maximum atomic E-state index is 14.0. The minimum atomic E-state index is -0.352. The Bertz CT molecular complexity index is 890. The van der Waals surface area contributed by atoms with Crippen molar-refractivity contribution >= 4 is 32.6 Å². The summed E-state index contributed by atoms with van der Waals surface area (Å²) < 4.78 is 14.8. The largest absolute Gasteiger partial charge is 0.283 e. The molecular formula is C19H18FN3OS. The van der Waals surface area contributed by atoms with Crippen LogP contribution >= 0.6 is 11.3 Å². The molecule has 3 aromatic rings. The molecule has 1 fully saturated rings. The molecule has 1 aliphatic rings. The van der Waals surface area contributed by atoms with E-state index < -0.39 is 0 Å². The summed E-state index contributed by atoms with van der Waals surface area (Å²) >= 11 is 1.36. The van der Waals surface area contributed by atoms with Gasteiger partial charge in [-0.15, -0.1) is 0 Å². The molecule has 2 aromatic heterocycles. The van der Waals surface area contributed by atoms with E-state index in [1.165, 1.54) is 17.4 Å². The van der Waals surface area contributed by atoms with E-state index in [2.05, 4.69) is 9.97 Å². The lowest BCUT2D eigenvalue weighted by atomic mass is 10.1. The molecule has 0 radical (unpaired) electrons. The first kappa shape index (κ1) is 16.1. The fraction of sp³-hybridized carbons (Fsp3) is 0.316. The normalized spacial score (nSPS) is 14.9. The Kier molecular flexibility index (Phi) is 4.44. The second-order valence-electron chi connectivity index (χ2n) is 6.35. The molecule has 0 spiro atoms. The topological polar surface area (TPSA) is 46.1 Å². The molecule has 4 rings (SSSR count). The van der Waals surface area contributed by atoms with Crippen LogP contribution in [0.1, 0.15) is 31.2 Å². The number of aromatic nitrogens is 2. The first-order valence-electron chi connectivity index (χ1n) is 8.48. The van der Waals surface area contributed by atoms with E-state index in [0.717, 1.165) is 35.9 Å². The van der Waals surface area contributed by atoms with Crippen LogP contribution in [0.5, 0.6) is 0 Å². The zero-order valence-corrected chi connectivity index (χ0v) is 14.5. The molecule has 1 amide bonds. The fourth-order valence-corrected chi connectivity index (χ4v) is 4.31. The highest BCUT2D eigenvalue weighted by Crippen LogP contribution is 2.34. The van der Waals surface area contributed by atoms with Crippen LogP contribution in [-0.4, -0.2) is 15.9 Å². The zero-order valence-electron chi connectivity index (χ0n) is 13.7. The predicted molar refractivity (Wildman–Crippen MR) is 97.0 cm³/mol. The van der Waals surface area contributed by atoms with Crippen molar-refractivity contribution in [2.45, 2.75) is 32.2 Å². The average Bonchev–Trinajstić information content (AvgIpc) is 3.30. The van der Waals surface area contributed by atoms with Gasteiger partial charge < -0.3 is 0 Å². The lowest BCUT2D eigenvalue weighted by Crippen LogP contribution is -2.34. The number of hydrogen-bond acceptors (Lipinski definition) is 4. The van der Waals surface area contributed by atoms with Crippen molar-refractivity contribution in [2.24, 2.45) is 5.92 Å². The van der Waals surface area contributed by atoms with Crippen molar-refractivity contribution in [3.05, 3.63) is 54.1 Å². The number of amides is 1. The highest BCUT2D eigenvalue weighted by atomic mass is 32.1. The molecule has 4 nitrogen and oxygen atoms in total. The van der Waals surface area contributed by atoms with E-state index in [0.29, 0.717) is 17.2 Å². The van der Waals surface area contributed by atoms with Crippen LogP contribution in [0.15, 0.2) is 42.7 Å². The van der Waals surface area contributed by atoms with E-state index in [1.54, 1.807) is 23.4 Å². The van der Waals surface area contributed by atoms with Gasteiger partial charge in [0.2, 0.25) is 5.91 Å². The van der Waals surface area contributed by atoms with Crippen molar-refractivity contribution in [2.75, 3.05) is 4.90 Å². The molecule has 6 heteroatoms. The van der Waals surface area contributed by atoms with Gasteiger partial charge in [-0.05, 0) is 36.6 Å². The summed E-state index contributed by atoms with van der Waals surface area (Å²) in [5.74, 6) is -0.232. The van der Waals surface area contributed by atoms with Crippen LogP contribution in [0, 0.1) is 11.7 Å². The van der Waals surface area contributed by atoms with Crippen molar-refractivity contribution < 1.29 is 9.18 Å². The molecular weight excluding hydrogens is 337 g/mol. The van der Waals surface area contributed by atoms with Crippen molar-refractivity contribution in [1.29, 1.82) is 0 Å². The van der Waals surface area contributed by atoms with Crippen LogP contribution in [0.25, 0.3) is 10.2 Å². The molecule has 0 aliphatic heterocycles. The number of thiazole rings is 1. The summed E-state index contributed by atoms with van der Waals surface area (Å²) in [7, 11) is 0. The first-order chi connectivity index (χ1) is 12.2. The Morgan fingerprint density at radius 1 is 1.24 bits per heavy atom. The number of carbonyl (C=O) groups is 1. The number of halogens is 1. The van der Waals surface area contributed by atoms with Crippen LogP contribution < -0.4 is 4.90 Å². The van der Waals surface area contributed by atoms with Gasteiger partial charge in [0, 0.05) is 18.3 Å². The molecule has 0 bridgehead atoms. The predicted octanol–water partition coefficient (Wildman–Crippen LogP) is 4.55. The van der Waals surface area contributed by atoms with Gasteiger partial charge in [-0.3, -0.25) is 14.7 Å². The third-order valence-corrected chi connectivity index (χ3v) is 5.67. The maximum Gasteiger partial charge on any atom is 0.232 e. The third-order valence-electron chi connectivity index (χ3n) is 4.62. The number of fused-ring (bicyclic) bond motifs is 1. The number of carbonyl (C=O) groups excluding carboxylic acids is 1. The number of para-hydroxylation sites is 1. The first-order valence-corrected chi connectivity index (χ1v) is 9.29. The van der Waals surface area contributed by atoms with Gasteiger partial charge in [0.05, 0.1) is 11.2 Å². The lowest BCUT2D eigenvalue weighted by Gasteiger charge is -2.23. The van der Waals surface area contributed by atoms with Crippen molar-refractivity contribution in [1.82, 2.24) is 9.97 Å². The van der Waals surface area contributed by atoms with Crippen molar-refractivity contribution in [3.8, 4) is 0 Å². The van der Waals surface area contributed by atoms with Crippen molar-refractivity contribution in [3.63, 3.8) is 0 Å². The highest BCUT2D eigenvalue weighted by Gasteiger charge is 2.30. The minimum absolute atomic E-state index is 0.0357. The summed E-state index contributed by atoms with van der Waals surface area (Å²) in [5, 5.41) is 0.556. The molecule has 2 heterocycles. The molecule has 0 atom stereocenters. The lowest BCUT2D eigenvalue weighted by molar-refractivity contribution is -0.122. The Labute approximate surface area is 149 Å². The van der Waals surface area contributed by atoms with Crippen LogP contribution in [-0.2, 0) is 11.3 Å². The van der Waals surface area contributed by atoms with E-state index in [-0.39, 0.29) is 17.6 Å². The van der Waals surface area contributed by atoms with E-state index in [4.69, 9.17) is 0 Å². The summed E-state index contributed by atoms with van der Waals surface area (Å²) in [6.45, 7) is 0.407. The standard InChI is InChI=1S/C19H18FN3OS/c20-15-8-3-9-16-17(15)22-19(25-16)23(12-13-5-4-10-21-11-13)18(24)14-6-1-2-7-14/h3-5,8-11,14H,1-2,6-7,12H2. The summed E-state index contributed by atoms with van der Waals surface area (Å²) in [4.78, 5) is 23.4. The monoisotopic (exact) mass is 355 g/mol. The molecule has 0 unspecified atom stereocenters. The maximum absolute atomic E-state index is 14.0. The van der Waals surface area contributed by atoms with Gasteiger partial charge in [-0.2, -0.15) is 0 Å². The molecule has 1 aliphatic carbocycles. The van der Waals surface area contributed by atoms with Gasteiger partial charge in [0.25, 0.3) is 0 Å². The SMILES string of the molecule is O=C(C1CCCC1)N(Cc1cccnc1)c1nc2c(F)cccc2s1. The number of nitrogens with zero attached hydrogens (tertiary/aromatic N) is 3. The highest BCUT2D eigenvalue weighted by molar-refractivity contribution is 7.22. The Hall–Kier alpha value is -2.34. The van der Waals surface area contributed by atoms with Crippen LogP contribution in [0.3, 0.4) is 0 Å². The van der Waals surface area contributed by atoms with Crippen LogP contribution in [0.4, 0.5) is 9.52 Å². The second kappa shape index (κ2) is 6.88. The fourth-order valence-electron chi connectivity index (χ4n) is 3.33. The quantitative estimate of drug-likeness (QED) is 0.689. The number of benzene rings is 1. The zero-order chi connectivity index (χ0) is 17.2. The molecule has 1 aromatic carbocycles. The van der Waals surface area contributed by atoms with Gasteiger partial charge in [0.15, 0.2) is 5.13 Å². The van der Waals surface area contributed by atoms with E-state index in [9.17, 15) is 9.18 Å². The number of pyridine rings is 1. The number of hydrogen-bond donors (Lipinski definition) is 0. The summed E-state index contributed by atoms with van der Waals surface area (Å²) in [5.41, 5.74) is 1.27. The van der Waals surface area contributed by atoms with Gasteiger partial charge in [-0.1, -0.05) is 36.3 Å². The minimum Gasteiger partial charge on any atom is -0.283 e. The molecule has 0 N–H and O–H groups in total. The summed E-state index contributed by atoms with van der Waals surface area (Å²) in [6.07, 6.45) is 7.48. The molecule has 1 saturated carbocycles. The van der Waals surface area contributed by atoms with E-state index in [1.807, 2.05) is 18.2 Å². The number of anilines is 1. The van der Waals surface area contributed by atoms with Gasteiger partial charge in [0.1, 0.15) is 11.3 Å². The Balaban J connectivity index is 1.72. The Morgan fingerprint density at radius 3 is 2.80 bits per heavy atom. The third kappa shape index (κ3) is 3.26. The molecule has 128 valence electrons. The van der Waals surface area contributed by atoms with Gasteiger partial charge >= 0.3 is 0 Å². The molecule has 0 saturated heterocycles.